The van der Waals surface area contributed by atoms with Gasteiger partial charge < -0.3 is 68.3 Å². The second-order valence-electron chi connectivity index (χ2n) is 23.1. The van der Waals surface area contributed by atoms with E-state index in [1.807, 2.05) is 0 Å². The summed E-state index contributed by atoms with van der Waals surface area (Å²) in [4.78, 5) is 158. The largest absolute Gasteiger partial charge is 0.466 e. The highest BCUT2D eigenvalue weighted by Crippen LogP contribution is 2.32. The lowest BCUT2D eigenvalue weighted by molar-refractivity contribution is -0.150. The number of ether oxygens (including phenoxy) is 12. The number of carbonyl (C=O) groups is 12. The van der Waals surface area contributed by atoms with Crippen molar-refractivity contribution in [2.75, 3.05) is 79.5 Å². The van der Waals surface area contributed by atoms with E-state index in [9.17, 15) is 57.5 Å². The molecule has 0 amide bonds. The van der Waals surface area contributed by atoms with Crippen molar-refractivity contribution in [2.45, 2.75) is 52.4 Å². The van der Waals surface area contributed by atoms with Gasteiger partial charge in [0, 0.05) is 41.7 Å². The normalized spacial score (nSPS) is 12.3. The van der Waals surface area contributed by atoms with E-state index in [0.717, 1.165) is 24.6 Å². The first-order valence-electron chi connectivity index (χ1n) is 31.6. The van der Waals surface area contributed by atoms with Crippen LogP contribution in [0, 0.1) is 10.8 Å². The molecule has 0 bridgehead atoms. The molecule has 0 aliphatic heterocycles. The first kappa shape index (κ1) is 78.5. The van der Waals surface area contributed by atoms with E-state index < -0.39 is 120 Å². The zero-order chi connectivity index (χ0) is 74.2. The van der Waals surface area contributed by atoms with Crippen LogP contribution in [0.25, 0.3) is 24.3 Å². The van der Waals surface area contributed by atoms with Crippen LogP contribution in [0.1, 0.15) is 137 Å². The van der Waals surface area contributed by atoms with Gasteiger partial charge in [-0.05, 0) is 152 Å². The number of esters is 12. The van der Waals surface area contributed by atoms with Crippen molar-refractivity contribution in [1.82, 2.24) is 0 Å². The van der Waals surface area contributed by atoms with Gasteiger partial charge in [-0.1, -0.05) is 74.2 Å². The molecule has 0 aliphatic rings. The third kappa shape index (κ3) is 25.4. The van der Waals surface area contributed by atoms with Gasteiger partial charge in [-0.3, -0.25) is 9.59 Å². The Morgan fingerprint density at radius 3 is 0.824 bits per heavy atom. The Hall–Kier alpha value is -12.5. The monoisotopic (exact) mass is 1400 g/mol. The number of methoxy groups -OCH3 is 4. The van der Waals surface area contributed by atoms with Crippen molar-refractivity contribution >= 4 is 107 Å². The van der Waals surface area contributed by atoms with E-state index >= 15 is 0 Å². The van der Waals surface area contributed by atoms with Crippen molar-refractivity contribution in [1.29, 1.82) is 0 Å². The highest BCUT2D eigenvalue weighted by molar-refractivity contribution is 5.96. The Balaban J connectivity index is 1.28. The SMILES string of the molecule is COC(=O)C=Cc1ccc(C(=O)OCC(C)(COC(=O)c2ccc(C=CC(=O)OC)cc2)C(=O)Oc2cc(OC(=O)C(C)(COC(=O)c3ccc(C=CC(=O)OC)cc3)COC(=O)c3ccc(C=CC(=O)OC)cc3)cc(C(=O)OCCCCCCCCOC(=O)c3cc(N)cc(N)c3)c2)cc1. The zero-order valence-electron chi connectivity index (χ0n) is 56.8. The van der Waals surface area contributed by atoms with Crippen molar-refractivity contribution in [3.05, 3.63) is 213 Å². The Morgan fingerprint density at radius 2 is 0.559 bits per heavy atom. The van der Waals surface area contributed by atoms with Gasteiger partial charge in [-0.15, -0.1) is 0 Å². The molecule has 26 nitrogen and oxygen atoms in total. The lowest BCUT2D eigenvalue weighted by Crippen LogP contribution is -2.42. The number of hydrogen-bond acceptors (Lipinski definition) is 26. The van der Waals surface area contributed by atoms with Gasteiger partial charge in [0.25, 0.3) is 0 Å². The zero-order valence-corrected chi connectivity index (χ0v) is 56.8. The maximum absolute atomic E-state index is 14.8. The van der Waals surface area contributed by atoms with E-state index in [-0.39, 0.29) is 46.6 Å². The van der Waals surface area contributed by atoms with Crippen LogP contribution in [0.2, 0.25) is 0 Å². The summed E-state index contributed by atoms with van der Waals surface area (Å²) in [5.74, 6) is -11.2. The summed E-state index contributed by atoms with van der Waals surface area (Å²) in [6.45, 7) is -0.660. The molecular weight excluding hydrogens is 1320 g/mol. The fraction of sp³-hybridized carbons (Fsp3) is 0.263. The summed E-state index contributed by atoms with van der Waals surface area (Å²) < 4.78 is 64.1. The van der Waals surface area contributed by atoms with Crippen LogP contribution in [0.4, 0.5) is 11.4 Å². The Morgan fingerprint density at radius 1 is 0.314 bits per heavy atom. The Kier molecular flexibility index (Phi) is 30.2. The lowest BCUT2D eigenvalue weighted by atomic mass is 9.93. The van der Waals surface area contributed by atoms with E-state index in [4.69, 9.17) is 49.4 Å². The summed E-state index contributed by atoms with van der Waals surface area (Å²) in [6, 6.07) is 30.8. The second kappa shape index (κ2) is 39.2. The lowest BCUT2D eigenvalue weighted by Gasteiger charge is -2.27. The van der Waals surface area contributed by atoms with Gasteiger partial charge in [0.1, 0.15) is 48.8 Å². The van der Waals surface area contributed by atoms with E-state index in [1.54, 1.807) is 0 Å². The van der Waals surface area contributed by atoms with Crippen molar-refractivity contribution in [3.8, 4) is 11.5 Å². The quantitative estimate of drug-likeness (QED) is 0.00932. The molecule has 4 N–H and O–H groups in total. The van der Waals surface area contributed by atoms with Crippen LogP contribution in [0.5, 0.6) is 11.5 Å². The minimum atomic E-state index is -2.08. The van der Waals surface area contributed by atoms with Gasteiger partial charge in [0.2, 0.25) is 0 Å². The van der Waals surface area contributed by atoms with Gasteiger partial charge >= 0.3 is 71.6 Å². The minimum Gasteiger partial charge on any atom is -0.466 e. The smallest absolute Gasteiger partial charge is 0.338 e. The number of unbranched alkanes of at least 4 members (excludes halogenated alkanes) is 5. The molecular formula is C76H76N2O24. The highest BCUT2D eigenvalue weighted by Gasteiger charge is 2.42. The van der Waals surface area contributed by atoms with Crippen LogP contribution in [-0.4, -0.2) is 140 Å². The number of anilines is 2. The van der Waals surface area contributed by atoms with Crippen LogP contribution >= 0.6 is 0 Å². The predicted octanol–water partition coefficient (Wildman–Crippen LogP) is 10.2. The molecule has 0 heterocycles. The van der Waals surface area contributed by atoms with Gasteiger partial charge in [-0.2, -0.15) is 0 Å². The summed E-state index contributed by atoms with van der Waals surface area (Å²) >= 11 is 0. The first-order valence-corrected chi connectivity index (χ1v) is 31.6. The fourth-order valence-corrected chi connectivity index (χ4v) is 8.87. The average molecular weight is 1400 g/mol. The number of rotatable bonds is 35. The number of nitrogen functional groups attached to an aromatic ring is 2. The molecule has 0 atom stereocenters. The Bertz CT molecular complexity index is 3710. The van der Waals surface area contributed by atoms with Gasteiger partial charge in [0.15, 0.2) is 0 Å². The molecule has 0 radical (unpaired) electrons. The van der Waals surface area contributed by atoms with Gasteiger partial charge in [-0.25, -0.2) is 47.9 Å². The highest BCUT2D eigenvalue weighted by atomic mass is 16.6. The number of carbonyl (C=O) groups excluding carboxylic acids is 12. The third-order valence-corrected chi connectivity index (χ3v) is 14.9. The molecule has 6 aromatic carbocycles. The molecule has 6 rings (SSSR count). The molecule has 0 spiro atoms. The molecule has 534 valence electrons. The maximum Gasteiger partial charge on any atom is 0.338 e. The summed E-state index contributed by atoms with van der Waals surface area (Å²) in [5.41, 5.74) is 10.1. The van der Waals surface area contributed by atoms with Crippen molar-refractivity contribution in [3.63, 3.8) is 0 Å². The van der Waals surface area contributed by atoms with E-state index in [1.165, 1.54) is 206 Å². The number of hydrogen-bond donors (Lipinski definition) is 2. The van der Waals surface area contributed by atoms with Crippen LogP contribution < -0.4 is 20.9 Å². The van der Waals surface area contributed by atoms with Crippen LogP contribution in [-0.2, 0) is 76.1 Å². The molecule has 6 aromatic rings. The molecule has 26 heteroatoms. The molecule has 0 fully saturated rings. The summed E-state index contributed by atoms with van der Waals surface area (Å²) in [7, 11) is 4.83. The maximum atomic E-state index is 14.8. The average Bonchev–Trinajstić information content (AvgIpc) is 0.836. The van der Waals surface area contributed by atoms with E-state index in [2.05, 4.69) is 18.9 Å². The fourth-order valence-electron chi connectivity index (χ4n) is 8.87. The Labute approximate surface area is 587 Å². The minimum absolute atomic E-state index is 0.00643. The molecule has 0 aliphatic carbocycles. The van der Waals surface area contributed by atoms with Gasteiger partial charge in [0.05, 0.1) is 75.0 Å². The molecule has 0 saturated carbocycles. The summed E-state index contributed by atoms with van der Waals surface area (Å²) in [5, 5.41) is 0. The standard InChI is InChI=1S/C76H76N2O24/c1-75(45-97-67(83)53-25-13-49(14-26-53)21-33-63(79)91-3,46-98-68(84)54-27-15-50(16-28-54)22-34-64(80)92-4)73(89)101-61-41-58(72(88)96-38-12-10-8-7-9-11-37-95-71(87)57-39-59(77)43-60(78)40-57)42-62(44-61)102-74(90)76(2,47-99-69(85)55-29-17-51(18-30-55)23-35-65(81)93-5)48-100-70(86)56-31-19-52(20-32-56)24-36-66(82)94-6/h13-36,39-44H,7-12,37-38,45-48,77-78H2,1-6H3. The molecule has 0 aromatic heterocycles. The first-order chi connectivity index (χ1) is 48.8. The van der Waals surface area contributed by atoms with Crippen LogP contribution in [0.3, 0.4) is 0 Å². The number of benzene rings is 6. The molecule has 0 unspecified atom stereocenters. The third-order valence-electron chi connectivity index (χ3n) is 14.9. The van der Waals surface area contributed by atoms with Crippen molar-refractivity contribution < 1.29 is 114 Å². The topological polar surface area (TPSA) is 368 Å². The number of nitrogens with two attached hydrogens (primary N) is 2. The summed E-state index contributed by atoms with van der Waals surface area (Å²) in [6.07, 6.45) is 14.2. The van der Waals surface area contributed by atoms with E-state index in [0.29, 0.717) is 65.7 Å². The second-order valence-corrected chi connectivity index (χ2v) is 23.1. The van der Waals surface area contributed by atoms with Crippen LogP contribution in [0.15, 0.2) is 158 Å². The van der Waals surface area contributed by atoms with Crippen molar-refractivity contribution in [2.24, 2.45) is 10.8 Å². The predicted molar refractivity (Wildman–Crippen MR) is 369 cm³/mol. The molecule has 0 saturated heterocycles. The molecule has 102 heavy (non-hydrogen) atoms.